The average molecular weight is 266 g/mol. The number of aromatic nitrogens is 2. The topological polar surface area (TPSA) is 42.3 Å². The first kappa shape index (κ1) is 14.3. The Balaban J connectivity index is 1.98. The SMILES string of the molecule is CCCNc1nc(C)cn1C(C)CN1CCOCC1. The molecule has 108 valence electrons. The van der Waals surface area contributed by atoms with E-state index in [1.807, 2.05) is 0 Å². The molecule has 5 nitrogen and oxygen atoms in total. The van der Waals surface area contributed by atoms with Crippen LogP contribution in [-0.4, -0.2) is 53.8 Å². The van der Waals surface area contributed by atoms with Crippen molar-refractivity contribution in [1.82, 2.24) is 14.5 Å². The smallest absolute Gasteiger partial charge is 0.203 e. The van der Waals surface area contributed by atoms with E-state index in [0.29, 0.717) is 6.04 Å². The molecule has 1 aliphatic rings. The van der Waals surface area contributed by atoms with Crippen molar-refractivity contribution in [3.8, 4) is 0 Å². The minimum Gasteiger partial charge on any atom is -0.379 e. The van der Waals surface area contributed by atoms with Gasteiger partial charge in [-0.25, -0.2) is 4.98 Å². The summed E-state index contributed by atoms with van der Waals surface area (Å²) in [5.41, 5.74) is 1.08. The van der Waals surface area contributed by atoms with Gasteiger partial charge >= 0.3 is 0 Å². The normalized spacial score (nSPS) is 18.5. The maximum Gasteiger partial charge on any atom is 0.203 e. The highest BCUT2D eigenvalue weighted by Gasteiger charge is 2.17. The van der Waals surface area contributed by atoms with Gasteiger partial charge in [-0.3, -0.25) is 4.90 Å². The van der Waals surface area contributed by atoms with Crippen LogP contribution in [0.1, 0.15) is 32.0 Å². The molecule has 0 amide bonds. The third-order valence-electron chi connectivity index (χ3n) is 3.49. The molecule has 1 aromatic heterocycles. The van der Waals surface area contributed by atoms with Crippen LogP contribution in [0.3, 0.4) is 0 Å². The minimum atomic E-state index is 0.429. The Morgan fingerprint density at radius 3 is 2.84 bits per heavy atom. The summed E-state index contributed by atoms with van der Waals surface area (Å²) in [5, 5.41) is 3.41. The molecule has 0 spiro atoms. The molecule has 0 radical (unpaired) electrons. The van der Waals surface area contributed by atoms with Gasteiger partial charge in [-0.1, -0.05) is 6.92 Å². The zero-order chi connectivity index (χ0) is 13.7. The third-order valence-corrected chi connectivity index (χ3v) is 3.49. The van der Waals surface area contributed by atoms with Crippen molar-refractivity contribution >= 4 is 5.95 Å². The molecule has 1 fully saturated rings. The molecule has 0 aromatic carbocycles. The van der Waals surface area contributed by atoms with Crippen LogP contribution in [0.2, 0.25) is 0 Å². The van der Waals surface area contributed by atoms with E-state index < -0.39 is 0 Å². The van der Waals surface area contributed by atoms with Crippen LogP contribution < -0.4 is 5.32 Å². The molecule has 5 heteroatoms. The first-order valence-corrected chi connectivity index (χ1v) is 7.30. The number of imidazole rings is 1. The molecule has 1 aromatic rings. The van der Waals surface area contributed by atoms with Gasteiger partial charge in [0.1, 0.15) is 0 Å². The molecule has 0 saturated carbocycles. The summed E-state index contributed by atoms with van der Waals surface area (Å²) < 4.78 is 7.66. The number of nitrogens with one attached hydrogen (secondary N) is 1. The molecule has 1 unspecified atom stereocenters. The molecule has 1 aliphatic heterocycles. The number of hydrogen-bond acceptors (Lipinski definition) is 4. The Bertz CT molecular complexity index is 385. The Labute approximate surface area is 116 Å². The van der Waals surface area contributed by atoms with Crippen LogP contribution in [0.4, 0.5) is 5.95 Å². The van der Waals surface area contributed by atoms with E-state index in [9.17, 15) is 0 Å². The Morgan fingerprint density at radius 2 is 2.16 bits per heavy atom. The van der Waals surface area contributed by atoms with Crippen molar-refractivity contribution in [2.75, 3.05) is 44.7 Å². The van der Waals surface area contributed by atoms with Crippen molar-refractivity contribution in [1.29, 1.82) is 0 Å². The van der Waals surface area contributed by atoms with E-state index in [1.54, 1.807) is 0 Å². The van der Waals surface area contributed by atoms with Crippen molar-refractivity contribution in [2.45, 2.75) is 33.2 Å². The molecule has 1 saturated heterocycles. The van der Waals surface area contributed by atoms with E-state index in [-0.39, 0.29) is 0 Å². The Kier molecular flexibility index (Phi) is 5.22. The molecule has 0 aliphatic carbocycles. The number of ether oxygens (including phenoxy) is 1. The van der Waals surface area contributed by atoms with E-state index in [0.717, 1.165) is 57.5 Å². The van der Waals surface area contributed by atoms with Crippen LogP contribution in [-0.2, 0) is 4.74 Å². The second kappa shape index (κ2) is 6.91. The van der Waals surface area contributed by atoms with Gasteiger partial charge in [-0.2, -0.15) is 0 Å². The number of anilines is 1. The predicted molar refractivity (Wildman–Crippen MR) is 77.7 cm³/mol. The van der Waals surface area contributed by atoms with E-state index >= 15 is 0 Å². The number of nitrogens with zero attached hydrogens (tertiary/aromatic N) is 3. The first-order chi connectivity index (χ1) is 9.20. The largest absolute Gasteiger partial charge is 0.379 e. The van der Waals surface area contributed by atoms with Crippen LogP contribution >= 0.6 is 0 Å². The van der Waals surface area contributed by atoms with E-state index in [1.165, 1.54) is 0 Å². The van der Waals surface area contributed by atoms with Crippen molar-refractivity contribution < 1.29 is 4.74 Å². The van der Waals surface area contributed by atoms with Crippen molar-refractivity contribution in [3.63, 3.8) is 0 Å². The fourth-order valence-corrected chi connectivity index (χ4v) is 2.47. The van der Waals surface area contributed by atoms with Crippen LogP contribution in [0.25, 0.3) is 0 Å². The zero-order valence-electron chi connectivity index (χ0n) is 12.4. The van der Waals surface area contributed by atoms with Crippen LogP contribution in [0, 0.1) is 6.92 Å². The fraction of sp³-hybridized carbons (Fsp3) is 0.786. The maximum atomic E-state index is 5.39. The zero-order valence-corrected chi connectivity index (χ0v) is 12.4. The highest BCUT2D eigenvalue weighted by atomic mass is 16.5. The lowest BCUT2D eigenvalue weighted by atomic mass is 10.3. The lowest BCUT2D eigenvalue weighted by Gasteiger charge is -2.30. The van der Waals surface area contributed by atoms with Crippen molar-refractivity contribution in [3.05, 3.63) is 11.9 Å². The summed E-state index contributed by atoms with van der Waals surface area (Å²) in [6, 6.07) is 0.429. The van der Waals surface area contributed by atoms with Crippen LogP contribution in [0.5, 0.6) is 0 Å². The quantitative estimate of drug-likeness (QED) is 0.854. The molecule has 0 bridgehead atoms. The summed E-state index contributed by atoms with van der Waals surface area (Å²) in [6.07, 6.45) is 3.26. The number of morpholine rings is 1. The van der Waals surface area contributed by atoms with Gasteiger partial charge in [0.05, 0.1) is 18.9 Å². The van der Waals surface area contributed by atoms with Gasteiger partial charge in [0.15, 0.2) is 0 Å². The summed E-state index contributed by atoms with van der Waals surface area (Å²) in [7, 11) is 0. The average Bonchev–Trinajstić information content (AvgIpc) is 2.79. The molecule has 2 rings (SSSR count). The second-order valence-corrected chi connectivity index (χ2v) is 5.30. The minimum absolute atomic E-state index is 0.429. The van der Waals surface area contributed by atoms with Gasteiger partial charge in [0.2, 0.25) is 5.95 Å². The van der Waals surface area contributed by atoms with Crippen molar-refractivity contribution in [2.24, 2.45) is 0 Å². The highest BCUT2D eigenvalue weighted by Crippen LogP contribution is 2.17. The summed E-state index contributed by atoms with van der Waals surface area (Å²) >= 11 is 0. The number of rotatable bonds is 6. The third kappa shape index (κ3) is 3.94. The second-order valence-electron chi connectivity index (χ2n) is 5.30. The van der Waals surface area contributed by atoms with Gasteiger partial charge in [0.25, 0.3) is 0 Å². The molecule has 1 atom stereocenters. The Morgan fingerprint density at radius 1 is 1.42 bits per heavy atom. The standard InChI is InChI=1S/C14H26N4O/c1-4-5-15-14-16-12(2)10-18(14)13(3)11-17-6-8-19-9-7-17/h10,13H,4-9,11H2,1-3H3,(H,15,16). The van der Waals surface area contributed by atoms with Crippen LogP contribution in [0.15, 0.2) is 6.20 Å². The molecule has 19 heavy (non-hydrogen) atoms. The number of hydrogen-bond donors (Lipinski definition) is 1. The molecule has 1 N–H and O–H groups in total. The van der Waals surface area contributed by atoms with E-state index in [4.69, 9.17) is 4.74 Å². The van der Waals surface area contributed by atoms with Gasteiger partial charge in [-0.15, -0.1) is 0 Å². The van der Waals surface area contributed by atoms with Gasteiger partial charge in [0, 0.05) is 38.4 Å². The lowest BCUT2D eigenvalue weighted by Crippen LogP contribution is -2.39. The molecular weight excluding hydrogens is 240 g/mol. The summed E-state index contributed by atoms with van der Waals surface area (Å²) in [6.45, 7) is 12.3. The maximum absolute atomic E-state index is 5.39. The molecule has 2 heterocycles. The Hall–Kier alpha value is -1.07. The highest BCUT2D eigenvalue weighted by molar-refractivity contribution is 5.29. The van der Waals surface area contributed by atoms with E-state index in [2.05, 4.69) is 46.7 Å². The predicted octanol–water partition coefficient (Wildman–Crippen LogP) is 1.91. The monoisotopic (exact) mass is 266 g/mol. The number of aryl methyl sites for hydroxylation is 1. The summed E-state index contributed by atoms with van der Waals surface area (Å²) in [4.78, 5) is 7.04. The molecular formula is C14H26N4O. The summed E-state index contributed by atoms with van der Waals surface area (Å²) in [5.74, 6) is 1.00. The van der Waals surface area contributed by atoms with Gasteiger partial charge in [-0.05, 0) is 20.3 Å². The lowest BCUT2D eigenvalue weighted by molar-refractivity contribution is 0.0326. The fourth-order valence-electron chi connectivity index (χ4n) is 2.47. The van der Waals surface area contributed by atoms with Gasteiger partial charge < -0.3 is 14.6 Å². The first-order valence-electron chi connectivity index (χ1n) is 7.30.